The highest BCUT2D eigenvalue weighted by Gasteiger charge is 2.11. The molecule has 1 N–H and O–H groups in total. The molecule has 1 aliphatic heterocycles. The average Bonchev–Trinajstić information content (AvgIpc) is 3.31. The van der Waals surface area contributed by atoms with E-state index in [-0.39, 0.29) is 12.4 Å². The molecule has 0 unspecified atom stereocenters. The second-order valence-corrected chi connectivity index (χ2v) is 7.47. The number of carbonyl (C=O) groups excluding carboxylic acids is 1. The van der Waals surface area contributed by atoms with Gasteiger partial charge in [-0.15, -0.1) is 11.3 Å². The summed E-state index contributed by atoms with van der Waals surface area (Å²) in [5.74, 6) is -0.236. The molecule has 1 aromatic heterocycles. The van der Waals surface area contributed by atoms with E-state index >= 15 is 0 Å². The summed E-state index contributed by atoms with van der Waals surface area (Å²) in [5, 5.41) is 4.15. The third-order valence-electron chi connectivity index (χ3n) is 4.48. The number of ether oxygens (including phenoxy) is 1. The van der Waals surface area contributed by atoms with Gasteiger partial charge in [0.25, 0.3) is 0 Å². The molecule has 0 amide bonds. The number of aromatic nitrogens is 1. The van der Waals surface area contributed by atoms with E-state index in [1.54, 1.807) is 6.20 Å². The van der Waals surface area contributed by atoms with E-state index in [0.717, 1.165) is 23.0 Å². The lowest BCUT2D eigenvalue weighted by Gasteiger charge is -2.14. The summed E-state index contributed by atoms with van der Waals surface area (Å²) in [7, 11) is 1.40. The quantitative estimate of drug-likeness (QED) is 0.734. The van der Waals surface area contributed by atoms with Gasteiger partial charge in [0.05, 0.1) is 13.5 Å². The van der Waals surface area contributed by atoms with Gasteiger partial charge in [-0.05, 0) is 43.5 Å². The fourth-order valence-corrected chi connectivity index (χ4v) is 3.77. The largest absolute Gasteiger partial charge is 0.469 e. The first kappa shape index (κ1) is 17.9. The van der Waals surface area contributed by atoms with E-state index in [1.807, 2.05) is 0 Å². The molecule has 0 saturated carbocycles. The number of carbonyl (C=O) groups is 1. The van der Waals surface area contributed by atoms with Crippen LogP contribution in [0.1, 0.15) is 28.8 Å². The molecule has 134 valence electrons. The minimum atomic E-state index is -0.236. The Balaban J connectivity index is 1.44. The van der Waals surface area contributed by atoms with Gasteiger partial charge in [0.2, 0.25) is 0 Å². The highest BCUT2D eigenvalue weighted by atomic mass is 32.1. The SMILES string of the molecule is COC(=O)Cc1cnc(NCc2ccc(CCN3CCCC3)cc2)s1. The Hall–Kier alpha value is -1.92. The summed E-state index contributed by atoms with van der Waals surface area (Å²) < 4.78 is 4.67. The Labute approximate surface area is 153 Å². The van der Waals surface area contributed by atoms with Crippen LogP contribution in [-0.4, -0.2) is 42.6 Å². The van der Waals surface area contributed by atoms with Gasteiger partial charge in [-0.25, -0.2) is 4.98 Å². The highest BCUT2D eigenvalue weighted by Crippen LogP contribution is 2.20. The minimum absolute atomic E-state index is 0.236. The van der Waals surface area contributed by atoms with E-state index in [4.69, 9.17) is 0 Å². The Kier molecular flexibility index (Phi) is 6.42. The predicted molar refractivity (Wildman–Crippen MR) is 101 cm³/mol. The molecule has 2 heterocycles. The summed E-state index contributed by atoms with van der Waals surface area (Å²) in [6.45, 7) is 4.42. The monoisotopic (exact) mass is 359 g/mol. The van der Waals surface area contributed by atoms with Crippen LogP contribution in [0.3, 0.4) is 0 Å². The van der Waals surface area contributed by atoms with Gasteiger partial charge in [-0.2, -0.15) is 0 Å². The zero-order chi connectivity index (χ0) is 17.5. The molecule has 5 nitrogen and oxygen atoms in total. The van der Waals surface area contributed by atoms with Crippen LogP contribution in [0.5, 0.6) is 0 Å². The summed E-state index contributed by atoms with van der Waals surface area (Å²) in [5.41, 5.74) is 2.62. The van der Waals surface area contributed by atoms with Gasteiger partial charge in [0, 0.05) is 24.2 Å². The standard InChI is InChI=1S/C19H25N3O2S/c1-24-18(23)12-17-14-21-19(25-17)20-13-16-6-4-15(5-7-16)8-11-22-9-2-3-10-22/h4-7,14H,2-3,8-13H2,1H3,(H,20,21). The summed E-state index contributed by atoms with van der Waals surface area (Å²) >= 11 is 1.49. The number of hydrogen-bond acceptors (Lipinski definition) is 6. The third-order valence-corrected chi connectivity index (χ3v) is 5.44. The molecule has 1 aliphatic rings. The molecule has 1 fully saturated rings. The summed E-state index contributed by atoms with van der Waals surface area (Å²) in [4.78, 5) is 19.0. The van der Waals surface area contributed by atoms with Gasteiger partial charge in [0.15, 0.2) is 5.13 Å². The van der Waals surface area contributed by atoms with Crippen molar-refractivity contribution in [3.05, 3.63) is 46.5 Å². The normalized spacial score (nSPS) is 14.6. The molecule has 0 bridgehead atoms. The first-order valence-corrected chi connectivity index (χ1v) is 9.60. The van der Waals surface area contributed by atoms with Gasteiger partial charge >= 0.3 is 5.97 Å². The fourth-order valence-electron chi connectivity index (χ4n) is 2.98. The lowest BCUT2D eigenvalue weighted by molar-refractivity contribution is -0.139. The first-order valence-electron chi connectivity index (χ1n) is 8.78. The van der Waals surface area contributed by atoms with Crippen molar-refractivity contribution in [2.24, 2.45) is 0 Å². The van der Waals surface area contributed by atoms with Crippen LogP contribution in [0.4, 0.5) is 5.13 Å². The zero-order valence-electron chi connectivity index (χ0n) is 14.7. The Morgan fingerprint density at radius 3 is 2.68 bits per heavy atom. The summed E-state index contributed by atoms with van der Waals surface area (Å²) in [6, 6.07) is 8.79. The van der Waals surface area contributed by atoms with E-state index in [9.17, 15) is 4.79 Å². The molecule has 3 rings (SSSR count). The number of thiazole rings is 1. The van der Waals surface area contributed by atoms with Crippen molar-refractivity contribution in [1.82, 2.24) is 9.88 Å². The van der Waals surface area contributed by atoms with Gasteiger partial charge < -0.3 is 15.0 Å². The number of rotatable bonds is 8. The molecular weight excluding hydrogens is 334 g/mol. The molecule has 25 heavy (non-hydrogen) atoms. The Bertz CT molecular complexity index is 678. The van der Waals surface area contributed by atoms with E-state index < -0.39 is 0 Å². The van der Waals surface area contributed by atoms with Crippen molar-refractivity contribution in [1.29, 1.82) is 0 Å². The predicted octanol–water partition coefficient (Wildman–Crippen LogP) is 3.11. The van der Waals surface area contributed by atoms with Gasteiger partial charge in [0.1, 0.15) is 0 Å². The van der Waals surface area contributed by atoms with Crippen LogP contribution in [0.25, 0.3) is 0 Å². The lowest BCUT2D eigenvalue weighted by atomic mass is 10.1. The first-order chi connectivity index (χ1) is 12.2. The van der Waals surface area contributed by atoms with Crippen molar-refractivity contribution in [3.8, 4) is 0 Å². The van der Waals surface area contributed by atoms with Crippen LogP contribution in [0.2, 0.25) is 0 Å². The van der Waals surface area contributed by atoms with Crippen LogP contribution in [0, 0.1) is 0 Å². The second-order valence-electron chi connectivity index (χ2n) is 6.35. The number of nitrogens with one attached hydrogen (secondary N) is 1. The molecule has 1 saturated heterocycles. The van der Waals surface area contributed by atoms with Crippen molar-refractivity contribution in [3.63, 3.8) is 0 Å². The zero-order valence-corrected chi connectivity index (χ0v) is 15.5. The molecule has 6 heteroatoms. The number of esters is 1. The van der Waals surface area contributed by atoms with Crippen molar-refractivity contribution in [2.45, 2.75) is 32.2 Å². The number of benzene rings is 1. The number of methoxy groups -OCH3 is 1. The molecule has 0 radical (unpaired) electrons. The summed E-state index contributed by atoms with van der Waals surface area (Å²) in [6.07, 6.45) is 5.83. The molecule has 0 aliphatic carbocycles. The van der Waals surface area contributed by atoms with Crippen LogP contribution >= 0.6 is 11.3 Å². The van der Waals surface area contributed by atoms with Crippen molar-refractivity contribution in [2.75, 3.05) is 32.1 Å². The number of hydrogen-bond donors (Lipinski definition) is 1. The maximum Gasteiger partial charge on any atom is 0.310 e. The van der Waals surface area contributed by atoms with Gasteiger partial charge in [-0.1, -0.05) is 24.3 Å². The Morgan fingerprint density at radius 1 is 1.24 bits per heavy atom. The minimum Gasteiger partial charge on any atom is -0.469 e. The molecular formula is C19H25N3O2S. The Morgan fingerprint density at radius 2 is 1.96 bits per heavy atom. The van der Waals surface area contributed by atoms with E-state index in [2.05, 4.69) is 44.2 Å². The lowest BCUT2D eigenvalue weighted by Crippen LogP contribution is -2.21. The molecule has 0 spiro atoms. The fraction of sp³-hybridized carbons (Fsp3) is 0.474. The van der Waals surface area contributed by atoms with Crippen LogP contribution in [-0.2, 0) is 28.9 Å². The third kappa shape index (κ3) is 5.54. The topological polar surface area (TPSA) is 54.5 Å². The molecule has 2 aromatic rings. The average molecular weight is 359 g/mol. The van der Waals surface area contributed by atoms with E-state index in [0.29, 0.717) is 0 Å². The molecule has 1 aromatic carbocycles. The number of likely N-dealkylation sites (tertiary alicyclic amines) is 1. The maximum atomic E-state index is 11.3. The number of anilines is 1. The smallest absolute Gasteiger partial charge is 0.310 e. The second kappa shape index (κ2) is 8.97. The number of nitrogens with zero attached hydrogens (tertiary/aromatic N) is 2. The van der Waals surface area contributed by atoms with Crippen LogP contribution < -0.4 is 5.32 Å². The van der Waals surface area contributed by atoms with Crippen molar-refractivity contribution < 1.29 is 9.53 Å². The maximum absolute atomic E-state index is 11.3. The van der Waals surface area contributed by atoms with E-state index in [1.165, 1.54) is 62.0 Å². The van der Waals surface area contributed by atoms with Gasteiger partial charge in [-0.3, -0.25) is 4.79 Å². The molecule has 0 atom stereocenters. The van der Waals surface area contributed by atoms with Crippen molar-refractivity contribution >= 4 is 22.4 Å². The van der Waals surface area contributed by atoms with Crippen LogP contribution in [0.15, 0.2) is 30.5 Å². The highest BCUT2D eigenvalue weighted by molar-refractivity contribution is 7.15.